The van der Waals surface area contributed by atoms with E-state index in [-0.39, 0.29) is 0 Å². The first kappa shape index (κ1) is 60.3. The highest BCUT2D eigenvalue weighted by Crippen LogP contribution is 2.59. The lowest BCUT2D eigenvalue weighted by molar-refractivity contribution is 0.161. The van der Waals surface area contributed by atoms with E-state index in [0.29, 0.717) is 0 Å². The Bertz CT molecular complexity index is 1020. The van der Waals surface area contributed by atoms with Crippen molar-refractivity contribution in [3.63, 3.8) is 0 Å². The zero-order valence-electron chi connectivity index (χ0n) is 46.4. The molecule has 0 aliphatic carbocycles. The maximum absolute atomic E-state index is 8.74. The van der Waals surface area contributed by atoms with E-state index in [9.17, 15) is 0 Å². The van der Waals surface area contributed by atoms with Gasteiger partial charge >= 0.3 is 68.5 Å². The van der Waals surface area contributed by atoms with Crippen LogP contribution in [0.15, 0.2) is 0 Å². The van der Waals surface area contributed by atoms with E-state index in [2.05, 4.69) is 55.4 Å². The summed E-state index contributed by atoms with van der Waals surface area (Å²) < 4.78 is 69.7. The molecule has 0 aromatic rings. The first-order chi connectivity index (χ1) is 33.0. The standard InChI is InChI=1S/C52H112O8Si8/c1-9-17-25-33-41-61-49-62(42-34-26-18-10-2)54-65(45-37-29-21-13-5)50-63(53-61,43-35-27-19-11-3)59-66(46-38-30-22-14-6)51-64(57-61,44-36-28-20-12-4)55-67(58-62,47-39-31-23-15-7)52-68(56-66,60-65)48-40-32-24-16-8/h9-52H2,1-8H3. The minimum atomic E-state index is -3.05. The van der Waals surface area contributed by atoms with Crippen molar-refractivity contribution < 1.29 is 32.9 Å². The first-order valence-electron chi connectivity index (χ1n) is 30.6. The number of rotatable bonds is 40. The van der Waals surface area contributed by atoms with Crippen molar-refractivity contribution in [3.05, 3.63) is 0 Å². The molecule has 6 heterocycles. The summed E-state index contributed by atoms with van der Waals surface area (Å²) in [4.78, 5) is 0. The molecule has 0 aromatic heterocycles. The second-order valence-electron chi connectivity index (χ2n) is 23.3. The van der Waals surface area contributed by atoms with Crippen LogP contribution in [0.25, 0.3) is 0 Å². The SMILES string of the molecule is CCCCCC[Si]12C[Si]3(CCCCCC)O[Si]4(CCCCCC)C[Si]5(CCCCCC)O[Si](CCCCCC)(C[Si](CCCCCC)(O1)O4)O[Si](CCCCCC)(C[Si](CCCCCC)(O3)O5)O2. The van der Waals surface area contributed by atoms with E-state index >= 15 is 0 Å². The fourth-order valence-electron chi connectivity index (χ4n) is 13.2. The molecule has 0 aromatic carbocycles. The highest BCUT2D eigenvalue weighted by molar-refractivity contribution is 7.13. The van der Waals surface area contributed by atoms with Gasteiger partial charge in [-0.25, -0.2) is 0 Å². The zero-order chi connectivity index (χ0) is 48.8. The summed E-state index contributed by atoms with van der Waals surface area (Å²) >= 11 is 0. The lowest BCUT2D eigenvalue weighted by atomic mass is 10.2. The fraction of sp³-hybridized carbons (Fsp3) is 1.00. The third-order valence-electron chi connectivity index (χ3n) is 16.4. The molecule has 0 saturated carbocycles. The monoisotopic (exact) mass is 1090 g/mol. The van der Waals surface area contributed by atoms with Crippen molar-refractivity contribution in [2.75, 3.05) is 0 Å². The normalized spacial score (nSPS) is 34.2. The van der Waals surface area contributed by atoms with Crippen LogP contribution in [0.5, 0.6) is 0 Å². The van der Waals surface area contributed by atoms with Crippen LogP contribution in [-0.4, -0.2) is 68.5 Å². The summed E-state index contributed by atoms with van der Waals surface area (Å²) in [6.07, 6.45) is 39.3. The van der Waals surface area contributed by atoms with E-state index in [0.717, 1.165) is 71.0 Å². The molecule has 0 spiro atoms. The summed E-state index contributed by atoms with van der Waals surface area (Å²) in [5, 5.41) is 0. The van der Waals surface area contributed by atoms with Crippen molar-refractivity contribution >= 4 is 68.5 Å². The lowest BCUT2D eigenvalue weighted by Gasteiger charge is -2.66. The molecule has 16 heteroatoms. The molecule has 8 nitrogen and oxygen atoms in total. The Morgan fingerprint density at radius 3 is 0.397 bits per heavy atom. The van der Waals surface area contributed by atoms with E-state index in [1.807, 2.05) is 0 Å². The lowest BCUT2D eigenvalue weighted by Crippen LogP contribution is -2.84. The Kier molecular flexibility index (Phi) is 26.8. The molecule has 6 aliphatic heterocycles. The zero-order valence-corrected chi connectivity index (χ0v) is 54.4. The molecule has 6 rings (SSSR count). The van der Waals surface area contributed by atoms with Gasteiger partial charge in [-0.1, -0.05) is 261 Å². The quantitative estimate of drug-likeness (QED) is 0.0444. The minimum Gasteiger partial charge on any atom is -0.415 e. The van der Waals surface area contributed by atoms with Crippen LogP contribution in [0, 0.1) is 0 Å². The molecule has 0 amide bonds. The summed E-state index contributed by atoms with van der Waals surface area (Å²) in [6.45, 7) is 18.9. The van der Waals surface area contributed by atoms with Gasteiger partial charge in [-0.3, -0.25) is 0 Å². The van der Waals surface area contributed by atoms with Crippen LogP contribution < -0.4 is 0 Å². The van der Waals surface area contributed by atoms with Crippen molar-refractivity contribution in [2.45, 2.75) is 332 Å². The molecule has 400 valence electrons. The van der Waals surface area contributed by atoms with E-state index < -0.39 is 68.5 Å². The highest BCUT2D eigenvalue weighted by atomic mass is 28.6. The molecule has 8 bridgehead atoms. The fourth-order valence-corrected chi connectivity index (χ4v) is 85.9. The van der Waals surface area contributed by atoms with Crippen LogP contribution in [0.1, 0.15) is 261 Å². The van der Waals surface area contributed by atoms with Gasteiger partial charge in [0.25, 0.3) is 0 Å². The summed E-state index contributed by atoms with van der Waals surface area (Å²) in [7, 11) is -24.4. The summed E-state index contributed by atoms with van der Waals surface area (Å²) in [6, 6.07) is 8.35. The predicted octanol–water partition coefficient (Wildman–Crippen LogP) is 18.5. The Morgan fingerprint density at radius 1 is 0.176 bits per heavy atom. The van der Waals surface area contributed by atoms with Crippen molar-refractivity contribution in [1.29, 1.82) is 0 Å². The van der Waals surface area contributed by atoms with Crippen LogP contribution >= 0.6 is 0 Å². The van der Waals surface area contributed by atoms with Gasteiger partial charge < -0.3 is 32.9 Å². The van der Waals surface area contributed by atoms with Gasteiger partial charge in [0.1, 0.15) is 0 Å². The molecular formula is C52H112O8Si8. The maximum Gasteiger partial charge on any atom is 0.322 e. The molecule has 0 radical (unpaired) electrons. The Hall–Kier alpha value is 1.42. The van der Waals surface area contributed by atoms with Crippen LogP contribution in [-0.2, 0) is 32.9 Å². The minimum absolute atomic E-state index is 0.937. The van der Waals surface area contributed by atoms with E-state index in [1.165, 1.54) is 205 Å². The molecule has 0 unspecified atom stereocenters. The molecule has 0 N–H and O–H groups in total. The number of hydrogen-bond donors (Lipinski definition) is 0. The van der Waals surface area contributed by atoms with E-state index in [4.69, 9.17) is 32.9 Å². The second kappa shape index (κ2) is 30.2. The average molecular weight is 1090 g/mol. The third-order valence-corrected chi connectivity index (χ3v) is 66.4. The first-order valence-corrected chi connectivity index (χ1v) is 48.4. The van der Waals surface area contributed by atoms with Gasteiger partial charge in [0.2, 0.25) is 0 Å². The summed E-state index contributed by atoms with van der Waals surface area (Å²) in [5.74, 6) is 0. The molecule has 6 saturated heterocycles. The van der Waals surface area contributed by atoms with Crippen molar-refractivity contribution in [1.82, 2.24) is 0 Å². The Balaban J connectivity index is 1.86. The predicted molar refractivity (Wildman–Crippen MR) is 306 cm³/mol. The van der Waals surface area contributed by atoms with Gasteiger partial charge in [0.15, 0.2) is 0 Å². The van der Waals surface area contributed by atoms with E-state index in [1.54, 1.807) is 0 Å². The molecule has 68 heavy (non-hydrogen) atoms. The maximum atomic E-state index is 8.74. The van der Waals surface area contributed by atoms with Crippen LogP contribution in [0.3, 0.4) is 0 Å². The average Bonchev–Trinajstić information content (AvgIpc) is 3.28. The van der Waals surface area contributed by atoms with Crippen molar-refractivity contribution in [2.24, 2.45) is 0 Å². The summed E-state index contributed by atoms with van der Waals surface area (Å²) in [5.41, 5.74) is 3.75. The van der Waals surface area contributed by atoms with Crippen LogP contribution in [0.4, 0.5) is 0 Å². The van der Waals surface area contributed by atoms with Gasteiger partial charge in [0, 0.05) is 22.7 Å². The van der Waals surface area contributed by atoms with Gasteiger partial charge in [-0.05, 0) is 48.4 Å². The third kappa shape index (κ3) is 17.8. The van der Waals surface area contributed by atoms with Gasteiger partial charge in [0.05, 0.1) is 0 Å². The molecular weight excluding hydrogens is 977 g/mol. The molecule has 6 fully saturated rings. The number of hydrogen-bond acceptors (Lipinski definition) is 8. The topological polar surface area (TPSA) is 73.8 Å². The largest absolute Gasteiger partial charge is 0.415 e. The highest BCUT2D eigenvalue weighted by Gasteiger charge is 2.78. The second-order valence-corrected chi connectivity index (χ2v) is 54.1. The molecule has 0 atom stereocenters. The Morgan fingerprint density at radius 2 is 0.294 bits per heavy atom. The van der Waals surface area contributed by atoms with Crippen molar-refractivity contribution in [3.8, 4) is 0 Å². The number of unbranched alkanes of at least 4 members (excludes halogenated alkanes) is 24. The van der Waals surface area contributed by atoms with Gasteiger partial charge in [-0.2, -0.15) is 0 Å². The van der Waals surface area contributed by atoms with Gasteiger partial charge in [-0.15, -0.1) is 0 Å². The smallest absolute Gasteiger partial charge is 0.322 e. The molecule has 6 aliphatic rings. The Labute approximate surface area is 430 Å². The van der Waals surface area contributed by atoms with Crippen LogP contribution in [0.2, 0.25) is 71.0 Å².